The maximum atomic E-state index is 5.96. The molecule has 4 nitrogen and oxygen atoms in total. The highest BCUT2D eigenvalue weighted by molar-refractivity contribution is 6.30. The van der Waals surface area contributed by atoms with Crippen molar-refractivity contribution in [2.24, 2.45) is 0 Å². The van der Waals surface area contributed by atoms with Crippen molar-refractivity contribution in [3.8, 4) is 11.3 Å². The second-order valence-electron chi connectivity index (χ2n) is 8.27. The summed E-state index contributed by atoms with van der Waals surface area (Å²) in [7, 11) is 0. The minimum absolute atomic E-state index is 0.116. The molecule has 5 heteroatoms. The normalized spacial score (nSPS) is 17.5. The number of fused-ring (bicyclic) bond motifs is 1. The standard InChI is InChI=1S/C23H25ClN4/c1-14-11-21-19(15(2)13-23(3,4)28-21)12-18(14)20-9-10-25-22(27-20)26-17-7-5-16(24)6-8-17/h5-12,15,28H,13H2,1-4H3,(H,25,26,27)/t15-/m1/s1. The summed E-state index contributed by atoms with van der Waals surface area (Å²) in [6.07, 6.45) is 2.90. The van der Waals surface area contributed by atoms with Crippen molar-refractivity contribution in [3.05, 3.63) is 64.8 Å². The van der Waals surface area contributed by atoms with Gasteiger partial charge in [-0.05, 0) is 86.7 Å². The minimum atomic E-state index is 0.116. The average Bonchev–Trinajstić information content (AvgIpc) is 2.62. The molecule has 0 amide bonds. The highest BCUT2D eigenvalue weighted by Crippen LogP contribution is 2.41. The first-order valence-electron chi connectivity index (χ1n) is 9.59. The van der Waals surface area contributed by atoms with Crippen molar-refractivity contribution in [1.82, 2.24) is 9.97 Å². The van der Waals surface area contributed by atoms with Gasteiger partial charge in [-0.15, -0.1) is 0 Å². The summed E-state index contributed by atoms with van der Waals surface area (Å²) in [5.74, 6) is 1.07. The second kappa shape index (κ2) is 7.10. The van der Waals surface area contributed by atoms with Crippen LogP contribution in [0.5, 0.6) is 0 Å². The molecule has 0 aliphatic carbocycles. The van der Waals surface area contributed by atoms with Gasteiger partial charge >= 0.3 is 0 Å². The van der Waals surface area contributed by atoms with Crippen molar-refractivity contribution in [2.75, 3.05) is 10.6 Å². The number of nitrogens with one attached hydrogen (secondary N) is 2. The summed E-state index contributed by atoms with van der Waals surface area (Å²) < 4.78 is 0. The van der Waals surface area contributed by atoms with Crippen LogP contribution in [-0.4, -0.2) is 15.5 Å². The Bertz CT molecular complexity index is 1010. The van der Waals surface area contributed by atoms with Gasteiger partial charge in [0.25, 0.3) is 0 Å². The molecule has 0 bridgehead atoms. The molecule has 0 unspecified atom stereocenters. The molecule has 0 saturated carbocycles. The fourth-order valence-corrected chi connectivity index (χ4v) is 4.16. The number of rotatable bonds is 3. The lowest BCUT2D eigenvalue weighted by atomic mass is 9.80. The van der Waals surface area contributed by atoms with Crippen LogP contribution in [0.3, 0.4) is 0 Å². The van der Waals surface area contributed by atoms with Gasteiger partial charge < -0.3 is 10.6 Å². The van der Waals surface area contributed by atoms with Crippen LogP contribution in [0.25, 0.3) is 11.3 Å². The van der Waals surface area contributed by atoms with E-state index in [0.717, 1.165) is 23.4 Å². The van der Waals surface area contributed by atoms with Crippen molar-refractivity contribution in [2.45, 2.75) is 45.6 Å². The van der Waals surface area contributed by atoms with Gasteiger partial charge in [-0.25, -0.2) is 9.97 Å². The van der Waals surface area contributed by atoms with Crippen molar-refractivity contribution >= 4 is 28.9 Å². The van der Waals surface area contributed by atoms with Crippen molar-refractivity contribution in [1.29, 1.82) is 0 Å². The Morgan fingerprint density at radius 3 is 2.64 bits per heavy atom. The Hall–Kier alpha value is -2.59. The lowest BCUT2D eigenvalue weighted by Crippen LogP contribution is -2.36. The molecule has 4 rings (SSSR count). The van der Waals surface area contributed by atoms with Gasteiger partial charge in [0, 0.05) is 33.7 Å². The van der Waals surface area contributed by atoms with Crippen LogP contribution < -0.4 is 10.6 Å². The topological polar surface area (TPSA) is 49.8 Å². The number of hydrogen-bond donors (Lipinski definition) is 2. The third-order valence-electron chi connectivity index (χ3n) is 5.25. The summed E-state index contributed by atoms with van der Waals surface area (Å²) in [5, 5.41) is 7.63. The quantitative estimate of drug-likeness (QED) is 0.530. The fourth-order valence-electron chi connectivity index (χ4n) is 4.04. The zero-order valence-corrected chi connectivity index (χ0v) is 17.4. The molecule has 1 aliphatic rings. The van der Waals surface area contributed by atoms with Crippen LogP contribution in [0.15, 0.2) is 48.7 Å². The highest BCUT2D eigenvalue weighted by Gasteiger charge is 2.29. The summed E-state index contributed by atoms with van der Waals surface area (Å²) in [5.41, 5.74) is 6.88. The van der Waals surface area contributed by atoms with Gasteiger partial charge in [-0.1, -0.05) is 18.5 Å². The van der Waals surface area contributed by atoms with Crippen LogP contribution in [0, 0.1) is 6.92 Å². The van der Waals surface area contributed by atoms with E-state index < -0.39 is 0 Å². The fraction of sp³-hybridized carbons (Fsp3) is 0.304. The zero-order valence-electron chi connectivity index (χ0n) is 16.7. The molecule has 0 spiro atoms. The Morgan fingerprint density at radius 1 is 1.14 bits per heavy atom. The summed E-state index contributed by atoms with van der Waals surface area (Å²) in [4.78, 5) is 9.11. The first kappa shape index (κ1) is 18.8. The van der Waals surface area contributed by atoms with Gasteiger partial charge in [0.1, 0.15) is 0 Å². The maximum absolute atomic E-state index is 5.96. The van der Waals surface area contributed by atoms with E-state index in [9.17, 15) is 0 Å². The first-order chi connectivity index (χ1) is 13.3. The van der Waals surface area contributed by atoms with E-state index in [-0.39, 0.29) is 5.54 Å². The van der Waals surface area contributed by atoms with Gasteiger partial charge in [-0.3, -0.25) is 0 Å². The molecular weight excluding hydrogens is 368 g/mol. The van der Waals surface area contributed by atoms with E-state index in [4.69, 9.17) is 16.6 Å². The van der Waals surface area contributed by atoms with Crippen LogP contribution in [0.1, 0.15) is 44.2 Å². The molecule has 2 N–H and O–H groups in total. The largest absolute Gasteiger partial charge is 0.380 e. The molecule has 0 saturated heterocycles. The summed E-state index contributed by atoms with van der Waals surface area (Å²) in [6.45, 7) is 8.95. The van der Waals surface area contributed by atoms with Crippen molar-refractivity contribution in [3.63, 3.8) is 0 Å². The third-order valence-corrected chi connectivity index (χ3v) is 5.50. The Kier molecular flexibility index (Phi) is 4.76. The molecule has 1 aliphatic heterocycles. The van der Waals surface area contributed by atoms with E-state index >= 15 is 0 Å². The predicted molar refractivity (Wildman–Crippen MR) is 118 cm³/mol. The molecule has 144 valence electrons. The number of halogens is 1. The molecular formula is C23H25ClN4. The van der Waals surface area contributed by atoms with Crippen LogP contribution in [0.4, 0.5) is 17.3 Å². The molecule has 2 heterocycles. The first-order valence-corrected chi connectivity index (χ1v) is 9.97. The van der Waals surface area contributed by atoms with Crippen LogP contribution in [-0.2, 0) is 0 Å². The Morgan fingerprint density at radius 2 is 1.89 bits per heavy atom. The van der Waals surface area contributed by atoms with Gasteiger partial charge in [0.15, 0.2) is 0 Å². The SMILES string of the molecule is Cc1cc2c(cc1-c1ccnc(Nc3ccc(Cl)cc3)n1)[C@H](C)CC(C)(C)N2. The van der Waals surface area contributed by atoms with E-state index in [1.54, 1.807) is 6.20 Å². The molecule has 2 aromatic carbocycles. The van der Waals surface area contributed by atoms with Gasteiger partial charge in [-0.2, -0.15) is 0 Å². The van der Waals surface area contributed by atoms with Crippen molar-refractivity contribution < 1.29 is 0 Å². The lowest BCUT2D eigenvalue weighted by Gasteiger charge is -2.38. The summed E-state index contributed by atoms with van der Waals surface area (Å²) >= 11 is 5.96. The van der Waals surface area contributed by atoms with Crippen LogP contribution >= 0.6 is 11.6 Å². The predicted octanol–water partition coefficient (Wildman–Crippen LogP) is 6.55. The second-order valence-corrected chi connectivity index (χ2v) is 8.70. The highest BCUT2D eigenvalue weighted by atomic mass is 35.5. The third kappa shape index (κ3) is 3.83. The van der Waals surface area contributed by atoms with E-state index in [0.29, 0.717) is 16.9 Å². The van der Waals surface area contributed by atoms with Gasteiger partial charge in [0.05, 0.1) is 5.69 Å². The molecule has 0 fully saturated rings. The lowest BCUT2D eigenvalue weighted by molar-refractivity contribution is 0.454. The zero-order chi connectivity index (χ0) is 19.9. The Balaban J connectivity index is 1.68. The number of hydrogen-bond acceptors (Lipinski definition) is 4. The number of aromatic nitrogens is 2. The monoisotopic (exact) mass is 392 g/mol. The summed E-state index contributed by atoms with van der Waals surface area (Å²) in [6, 6.07) is 14.0. The molecule has 0 radical (unpaired) electrons. The Labute approximate surface area is 171 Å². The number of nitrogens with zero attached hydrogens (tertiary/aromatic N) is 2. The molecule has 1 aromatic heterocycles. The van der Waals surface area contributed by atoms with E-state index in [1.807, 2.05) is 30.3 Å². The number of anilines is 3. The average molecular weight is 393 g/mol. The maximum Gasteiger partial charge on any atom is 0.227 e. The van der Waals surface area contributed by atoms with Gasteiger partial charge in [0.2, 0.25) is 5.95 Å². The van der Waals surface area contributed by atoms with E-state index in [1.165, 1.54) is 16.8 Å². The smallest absolute Gasteiger partial charge is 0.227 e. The molecule has 28 heavy (non-hydrogen) atoms. The molecule has 1 atom stereocenters. The van der Waals surface area contributed by atoms with E-state index in [2.05, 4.69) is 55.4 Å². The number of aryl methyl sites for hydroxylation is 1. The number of benzene rings is 2. The van der Waals surface area contributed by atoms with Crippen LogP contribution in [0.2, 0.25) is 5.02 Å². The molecule has 3 aromatic rings. The minimum Gasteiger partial charge on any atom is -0.380 e.